The van der Waals surface area contributed by atoms with Gasteiger partial charge in [0.25, 0.3) is 0 Å². The smallest absolute Gasteiger partial charge is 0.146 e. The monoisotopic (exact) mass is 380 g/mol. The molecule has 1 aliphatic rings. The normalized spacial score (nSPS) is 14.9. The third kappa shape index (κ3) is 5.61. The fourth-order valence-corrected chi connectivity index (χ4v) is 3.29. The van der Waals surface area contributed by atoms with Crippen molar-refractivity contribution in [3.8, 4) is 17.6 Å². The van der Waals surface area contributed by atoms with E-state index < -0.39 is 0 Å². The summed E-state index contributed by atoms with van der Waals surface area (Å²) in [5, 5.41) is 9.30. The lowest BCUT2D eigenvalue weighted by molar-refractivity contribution is 0.218. The van der Waals surface area contributed by atoms with Gasteiger partial charge in [-0.05, 0) is 49.2 Å². The Morgan fingerprint density at radius 3 is 2.46 bits per heavy atom. The number of rotatable bonds is 8. The molecule has 0 amide bonds. The van der Waals surface area contributed by atoms with Crippen LogP contribution in [0.5, 0.6) is 11.5 Å². The average molecular weight is 380 g/mol. The van der Waals surface area contributed by atoms with Gasteiger partial charge in [0.1, 0.15) is 30.0 Å². The highest BCUT2D eigenvalue weighted by Crippen LogP contribution is 2.19. The molecule has 2 heterocycles. The third-order valence-electron chi connectivity index (χ3n) is 4.77. The summed E-state index contributed by atoms with van der Waals surface area (Å²) >= 11 is 0. The van der Waals surface area contributed by atoms with Crippen LogP contribution < -0.4 is 14.4 Å². The van der Waals surface area contributed by atoms with Crippen LogP contribution in [0.3, 0.4) is 0 Å². The molecule has 1 saturated heterocycles. The van der Waals surface area contributed by atoms with Crippen LogP contribution >= 0.6 is 0 Å². The van der Waals surface area contributed by atoms with E-state index in [1.165, 1.54) is 0 Å². The average Bonchev–Trinajstić information content (AvgIpc) is 2.99. The van der Waals surface area contributed by atoms with E-state index in [1.807, 2.05) is 36.4 Å². The maximum Gasteiger partial charge on any atom is 0.146 e. The molecule has 0 saturated carbocycles. The van der Waals surface area contributed by atoms with E-state index in [0.717, 1.165) is 69.5 Å². The molecule has 1 aromatic heterocycles. The number of benzene rings is 1. The Balaban J connectivity index is 1.44. The van der Waals surface area contributed by atoms with Gasteiger partial charge in [0.2, 0.25) is 0 Å². The second kappa shape index (κ2) is 10.5. The zero-order valence-electron chi connectivity index (χ0n) is 16.5. The van der Waals surface area contributed by atoms with Crippen molar-refractivity contribution in [3.05, 3.63) is 48.2 Å². The second-order valence-electron chi connectivity index (χ2n) is 6.84. The lowest BCUT2D eigenvalue weighted by Gasteiger charge is -2.23. The molecule has 148 valence electrons. The van der Waals surface area contributed by atoms with Crippen molar-refractivity contribution in [2.24, 2.45) is 0 Å². The van der Waals surface area contributed by atoms with E-state index in [-0.39, 0.29) is 0 Å². The fraction of sp³-hybridized carbons (Fsp3) is 0.455. The first-order valence-corrected chi connectivity index (χ1v) is 9.98. The van der Waals surface area contributed by atoms with E-state index in [1.54, 1.807) is 6.20 Å². The Bertz CT molecular complexity index is 773. The van der Waals surface area contributed by atoms with Crippen LogP contribution in [0.4, 0.5) is 5.82 Å². The van der Waals surface area contributed by atoms with Gasteiger partial charge in [-0.3, -0.25) is 4.90 Å². The Labute approximate surface area is 167 Å². The van der Waals surface area contributed by atoms with Crippen LogP contribution in [0.25, 0.3) is 0 Å². The molecule has 0 unspecified atom stereocenters. The number of aromatic nitrogens is 1. The molecule has 28 heavy (non-hydrogen) atoms. The summed E-state index contributed by atoms with van der Waals surface area (Å²) in [6, 6.07) is 13.7. The molecule has 2 aromatic rings. The van der Waals surface area contributed by atoms with Crippen molar-refractivity contribution in [1.29, 1.82) is 5.26 Å². The van der Waals surface area contributed by atoms with Gasteiger partial charge in [-0.1, -0.05) is 6.92 Å². The lowest BCUT2D eigenvalue weighted by atomic mass is 10.2. The van der Waals surface area contributed by atoms with E-state index in [4.69, 9.17) is 9.47 Å². The molecule has 0 N–H and O–H groups in total. The number of nitrogens with zero attached hydrogens (tertiary/aromatic N) is 4. The first-order valence-electron chi connectivity index (χ1n) is 9.98. The number of hydrogen-bond acceptors (Lipinski definition) is 6. The van der Waals surface area contributed by atoms with Crippen molar-refractivity contribution in [2.75, 3.05) is 50.8 Å². The molecule has 3 rings (SSSR count). The summed E-state index contributed by atoms with van der Waals surface area (Å²) in [5.41, 5.74) is 0.644. The van der Waals surface area contributed by atoms with E-state index in [0.29, 0.717) is 12.2 Å². The highest BCUT2D eigenvalue weighted by atomic mass is 16.5. The predicted octanol–water partition coefficient (Wildman–Crippen LogP) is 3.33. The molecule has 1 aromatic carbocycles. The number of hydrogen-bond donors (Lipinski definition) is 0. The van der Waals surface area contributed by atoms with E-state index >= 15 is 0 Å². The minimum Gasteiger partial charge on any atom is -0.494 e. The van der Waals surface area contributed by atoms with Gasteiger partial charge in [0, 0.05) is 38.9 Å². The van der Waals surface area contributed by atoms with Crippen molar-refractivity contribution in [3.63, 3.8) is 0 Å². The number of nitriles is 1. The van der Waals surface area contributed by atoms with Gasteiger partial charge in [-0.2, -0.15) is 5.26 Å². The topological polar surface area (TPSA) is 61.6 Å². The highest BCUT2D eigenvalue weighted by molar-refractivity contribution is 5.53. The van der Waals surface area contributed by atoms with Crippen molar-refractivity contribution < 1.29 is 9.47 Å². The number of ether oxygens (including phenoxy) is 2. The molecule has 0 bridgehead atoms. The summed E-state index contributed by atoms with van der Waals surface area (Å²) in [6.45, 7) is 8.13. The van der Waals surface area contributed by atoms with Gasteiger partial charge >= 0.3 is 0 Å². The van der Waals surface area contributed by atoms with Crippen molar-refractivity contribution >= 4 is 5.82 Å². The Hall–Kier alpha value is -2.78. The van der Waals surface area contributed by atoms with Gasteiger partial charge < -0.3 is 14.4 Å². The van der Waals surface area contributed by atoms with Gasteiger partial charge in [-0.15, -0.1) is 0 Å². The van der Waals surface area contributed by atoms with Crippen LogP contribution in [0.1, 0.15) is 25.3 Å². The molecule has 0 atom stereocenters. The first-order chi connectivity index (χ1) is 13.8. The van der Waals surface area contributed by atoms with Crippen LogP contribution in [0.15, 0.2) is 42.6 Å². The maximum absolute atomic E-state index is 9.30. The predicted molar refractivity (Wildman–Crippen MR) is 110 cm³/mol. The number of anilines is 1. The Kier molecular flexibility index (Phi) is 7.51. The van der Waals surface area contributed by atoms with Gasteiger partial charge in [-0.25, -0.2) is 4.98 Å². The number of pyridine rings is 1. The second-order valence-corrected chi connectivity index (χ2v) is 6.84. The molecule has 0 aliphatic carbocycles. The quantitative estimate of drug-likeness (QED) is 0.700. The Morgan fingerprint density at radius 2 is 1.75 bits per heavy atom. The zero-order valence-corrected chi connectivity index (χ0v) is 16.5. The summed E-state index contributed by atoms with van der Waals surface area (Å²) in [7, 11) is 0. The Morgan fingerprint density at radius 1 is 1.00 bits per heavy atom. The molecular formula is C22H28N4O2. The van der Waals surface area contributed by atoms with Gasteiger partial charge in [0.05, 0.1) is 12.2 Å². The van der Waals surface area contributed by atoms with Crippen LogP contribution in [0, 0.1) is 11.3 Å². The summed E-state index contributed by atoms with van der Waals surface area (Å²) in [5.74, 6) is 2.55. The molecule has 1 fully saturated rings. The summed E-state index contributed by atoms with van der Waals surface area (Å²) in [6.07, 6.45) is 3.81. The van der Waals surface area contributed by atoms with Crippen LogP contribution in [-0.2, 0) is 0 Å². The largest absolute Gasteiger partial charge is 0.494 e. The van der Waals surface area contributed by atoms with E-state index in [2.05, 4.69) is 27.8 Å². The first kappa shape index (κ1) is 20.0. The van der Waals surface area contributed by atoms with Crippen LogP contribution in [-0.4, -0.2) is 55.8 Å². The molecule has 0 spiro atoms. The molecule has 6 heteroatoms. The standard InChI is InChI=1S/C22H28N4O2/c1-2-16-27-20-6-8-21(9-7-20)28-17-15-25-11-4-12-26(14-13-25)22-19(18-23)5-3-10-24-22/h3,5-10H,2,4,11-17H2,1H3. The molecule has 0 radical (unpaired) electrons. The lowest BCUT2D eigenvalue weighted by Crippen LogP contribution is -2.33. The summed E-state index contributed by atoms with van der Waals surface area (Å²) < 4.78 is 11.5. The summed E-state index contributed by atoms with van der Waals surface area (Å²) in [4.78, 5) is 9.04. The fourth-order valence-electron chi connectivity index (χ4n) is 3.29. The molecule has 6 nitrogen and oxygen atoms in total. The maximum atomic E-state index is 9.30. The molecular weight excluding hydrogens is 352 g/mol. The zero-order chi connectivity index (χ0) is 19.6. The van der Waals surface area contributed by atoms with Gasteiger partial charge in [0.15, 0.2) is 0 Å². The minimum atomic E-state index is 0.644. The van der Waals surface area contributed by atoms with E-state index in [9.17, 15) is 5.26 Å². The van der Waals surface area contributed by atoms with Crippen molar-refractivity contribution in [2.45, 2.75) is 19.8 Å². The highest BCUT2D eigenvalue weighted by Gasteiger charge is 2.18. The van der Waals surface area contributed by atoms with Crippen LogP contribution in [0.2, 0.25) is 0 Å². The third-order valence-corrected chi connectivity index (χ3v) is 4.77. The SMILES string of the molecule is CCCOc1ccc(OCCN2CCCN(c3ncccc3C#N)CC2)cc1. The molecule has 1 aliphatic heterocycles. The minimum absolute atomic E-state index is 0.644. The van der Waals surface area contributed by atoms with Crippen molar-refractivity contribution in [1.82, 2.24) is 9.88 Å².